The molecule has 0 amide bonds. The van der Waals surface area contributed by atoms with Crippen molar-refractivity contribution in [2.75, 3.05) is 5.75 Å². The van der Waals surface area contributed by atoms with E-state index in [-0.39, 0.29) is 17.1 Å². The van der Waals surface area contributed by atoms with Gasteiger partial charge in [0.05, 0.1) is 11.5 Å². The fourth-order valence-corrected chi connectivity index (χ4v) is 2.90. The Labute approximate surface area is 90.0 Å². The molecule has 0 N–H and O–H groups in total. The summed E-state index contributed by atoms with van der Waals surface area (Å²) in [6.07, 6.45) is 0.565. The summed E-state index contributed by atoms with van der Waals surface area (Å²) in [4.78, 5) is 0. The van der Waals surface area contributed by atoms with Crippen molar-refractivity contribution in [1.82, 2.24) is 0 Å². The smallest absolute Gasteiger partial charge is 0.154 e. The van der Waals surface area contributed by atoms with Crippen LogP contribution in [0.1, 0.15) is 24.5 Å². The van der Waals surface area contributed by atoms with Crippen LogP contribution in [0.2, 0.25) is 0 Å². The van der Waals surface area contributed by atoms with Gasteiger partial charge in [-0.05, 0) is 18.9 Å². The first-order chi connectivity index (χ1) is 6.96. The van der Waals surface area contributed by atoms with Gasteiger partial charge in [0.1, 0.15) is 5.82 Å². The van der Waals surface area contributed by atoms with Gasteiger partial charge in [0.2, 0.25) is 0 Å². The predicted octanol–water partition coefficient (Wildman–Crippen LogP) is 2.46. The molecule has 84 valence electrons. The van der Waals surface area contributed by atoms with Crippen LogP contribution in [0.5, 0.6) is 0 Å². The van der Waals surface area contributed by atoms with Crippen LogP contribution < -0.4 is 0 Å². The Hall–Kier alpha value is -0.900. The third-order valence-electron chi connectivity index (χ3n) is 2.16. The highest BCUT2D eigenvalue weighted by atomic mass is 32.2. The third kappa shape index (κ3) is 3.30. The largest absolute Gasteiger partial charge is 0.228 e. The minimum Gasteiger partial charge on any atom is -0.228 e. The van der Waals surface area contributed by atoms with E-state index in [9.17, 15) is 12.8 Å². The Morgan fingerprint density at radius 1 is 1.33 bits per heavy atom. The van der Waals surface area contributed by atoms with Crippen molar-refractivity contribution in [3.63, 3.8) is 0 Å². The fourth-order valence-electron chi connectivity index (χ4n) is 1.44. The minimum absolute atomic E-state index is 0.111. The van der Waals surface area contributed by atoms with Crippen LogP contribution in [0.15, 0.2) is 18.2 Å². The normalized spacial score (nSPS) is 11.7. The van der Waals surface area contributed by atoms with E-state index in [1.165, 1.54) is 6.07 Å². The maximum Gasteiger partial charge on any atom is 0.154 e. The molecule has 0 aliphatic carbocycles. The Bertz CT molecular complexity index is 438. The molecule has 1 aromatic carbocycles. The quantitative estimate of drug-likeness (QED) is 0.796. The van der Waals surface area contributed by atoms with E-state index in [1.54, 1.807) is 26.0 Å². The van der Waals surface area contributed by atoms with Gasteiger partial charge in [0, 0.05) is 5.56 Å². The number of aryl methyl sites for hydroxylation is 1. The van der Waals surface area contributed by atoms with E-state index < -0.39 is 15.7 Å². The van der Waals surface area contributed by atoms with Gasteiger partial charge in [-0.1, -0.05) is 25.1 Å². The zero-order valence-corrected chi connectivity index (χ0v) is 9.77. The van der Waals surface area contributed by atoms with Gasteiger partial charge >= 0.3 is 0 Å². The average molecular weight is 230 g/mol. The highest BCUT2D eigenvalue weighted by Crippen LogP contribution is 2.15. The van der Waals surface area contributed by atoms with Gasteiger partial charge < -0.3 is 0 Å². The SMILES string of the molecule is CCCS(=O)(=O)Cc1cccc(C)c1F. The summed E-state index contributed by atoms with van der Waals surface area (Å²) in [5, 5.41) is 0. The maximum atomic E-state index is 13.5. The molecular weight excluding hydrogens is 215 g/mol. The molecule has 0 heterocycles. The van der Waals surface area contributed by atoms with Gasteiger partial charge in [-0.2, -0.15) is 0 Å². The van der Waals surface area contributed by atoms with Crippen LogP contribution >= 0.6 is 0 Å². The lowest BCUT2D eigenvalue weighted by molar-refractivity contribution is 0.583. The van der Waals surface area contributed by atoms with Crippen LogP contribution in [0, 0.1) is 12.7 Å². The Kier molecular flexibility index (Phi) is 3.85. The van der Waals surface area contributed by atoms with E-state index in [0.29, 0.717) is 12.0 Å². The Balaban J connectivity index is 2.95. The van der Waals surface area contributed by atoms with Crippen molar-refractivity contribution in [2.45, 2.75) is 26.0 Å². The number of hydrogen-bond acceptors (Lipinski definition) is 2. The van der Waals surface area contributed by atoms with Crippen LogP contribution in [0.25, 0.3) is 0 Å². The lowest BCUT2D eigenvalue weighted by Gasteiger charge is -2.05. The topological polar surface area (TPSA) is 34.1 Å². The lowest BCUT2D eigenvalue weighted by Crippen LogP contribution is -2.10. The average Bonchev–Trinajstić information content (AvgIpc) is 2.12. The molecule has 0 aliphatic heterocycles. The standard InChI is InChI=1S/C11H15FO2S/c1-3-7-15(13,14)8-10-6-4-5-9(2)11(10)12/h4-6H,3,7-8H2,1-2H3. The Morgan fingerprint density at radius 3 is 2.60 bits per heavy atom. The van der Waals surface area contributed by atoms with Gasteiger partial charge in [-0.3, -0.25) is 0 Å². The van der Waals surface area contributed by atoms with Crippen LogP contribution in [-0.4, -0.2) is 14.2 Å². The van der Waals surface area contributed by atoms with Crippen molar-refractivity contribution >= 4 is 9.84 Å². The summed E-state index contributed by atoms with van der Waals surface area (Å²) < 4.78 is 36.5. The van der Waals surface area contributed by atoms with E-state index in [0.717, 1.165) is 0 Å². The second-order valence-corrected chi connectivity index (χ2v) is 5.82. The summed E-state index contributed by atoms with van der Waals surface area (Å²) in [7, 11) is -3.16. The third-order valence-corrected chi connectivity index (χ3v) is 3.94. The molecule has 0 bridgehead atoms. The number of sulfone groups is 1. The molecule has 15 heavy (non-hydrogen) atoms. The number of halogens is 1. The summed E-state index contributed by atoms with van der Waals surface area (Å²) in [5.41, 5.74) is 0.752. The summed E-state index contributed by atoms with van der Waals surface area (Å²) in [6.45, 7) is 3.43. The van der Waals surface area contributed by atoms with E-state index in [1.807, 2.05) is 0 Å². The molecule has 0 spiro atoms. The number of hydrogen-bond donors (Lipinski definition) is 0. The number of rotatable bonds is 4. The van der Waals surface area contributed by atoms with Gasteiger partial charge in [-0.15, -0.1) is 0 Å². The maximum absolute atomic E-state index is 13.5. The molecule has 0 saturated heterocycles. The molecule has 4 heteroatoms. The molecule has 1 aromatic rings. The van der Waals surface area contributed by atoms with Crippen molar-refractivity contribution < 1.29 is 12.8 Å². The minimum atomic E-state index is -3.16. The van der Waals surface area contributed by atoms with Crippen molar-refractivity contribution in [3.05, 3.63) is 35.1 Å². The van der Waals surface area contributed by atoms with Crippen molar-refractivity contribution in [2.24, 2.45) is 0 Å². The first-order valence-electron chi connectivity index (χ1n) is 4.90. The molecule has 0 saturated carbocycles. The van der Waals surface area contributed by atoms with Crippen LogP contribution in [-0.2, 0) is 15.6 Å². The predicted molar refractivity (Wildman–Crippen MR) is 58.9 cm³/mol. The van der Waals surface area contributed by atoms with Gasteiger partial charge in [-0.25, -0.2) is 12.8 Å². The van der Waals surface area contributed by atoms with Crippen molar-refractivity contribution in [1.29, 1.82) is 0 Å². The first-order valence-corrected chi connectivity index (χ1v) is 6.73. The second kappa shape index (κ2) is 4.75. The molecule has 0 unspecified atom stereocenters. The second-order valence-electron chi connectivity index (χ2n) is 3.64. The summed E-state index contributed by atoms with van der Waals surface area (Å²) >= 11 is 0. The highest BCUT2D eigenvalue weighted by molar-refractivity contribution is 7.90. The molecule has 0 aromatic heterocycles. The van der Waals surface area contributed by atoms with E-state index in [2.05, 4.69) is 0 Å². The molecule has 0 radical (unpaired) electrons. The first kappa shape index (κ1) is 12.2. The number of benzene rings is 1. The Morgan fingerprint density at radius 2 is 2.00 bits per heavy atom. The zero-order valence-electron chi connectivity index (χ0n) is 8.96. The van der Waals surface area contributed by atoms with Gasteiger partial charge in [0.25, 0.3) is 0 Å². The van der Waals surface area contributed by atoms with Crippen molar-refractivity contribution in [3.8, 4) is 0 Å². The van der Waals surface area contributed by atoms with Crippen LogP contribution in [0.3, 0.4) is 0 Å². The molecule has 1 rings (SSSR count). The highest BCUT2D eigenvalue weighted by Gasteiger charge is 2.14. The van der Waals surface area contributed by atoms with E-state index >= 15 is 0 Å². The van der Waals surface area contributed by atoms with Gasteiger partial charge in [0.15, 0.2) is 9.84 Å². The zero-order chi connectivity index (χ0) is 11.5. The molecule has 0 atom stereocenters. The molecular formula is C11H15FO2S. The molecule has 0 aliphatic rings. The molecule has 2 nitrogen and oxygen atoms in total. The van der Waals surface area contributed by atoms with Crippen LogP contribution in [0.4, 0.5) is 4.39 Å². The summed E-state index contributed by atoms with van der Waals surface area (Å²) in [5.74, 6) is -0.494. The summed E-state index contributed by atoms with van der Waals surface area (Å²) in [6, 6.07) is 4.83. The lowest BCUT2D eigenvalue weighted by atomic mass is 10.1. The van der Waals surface area contributed by atoms with E-state index in [4.69, 9.17) is 0 Å². The fraction of sp³-hybridized carbons (Fsp3) is 0.455. The monoisotopic (exact) mass is 230 g/mol. The molecule has 0 fully saturated rings.